The molecule has 0 aromatic heterocycles. The number of rotatable bonds is 4. The molecule has 15 heteroatoms. The Bertz CT molecular complexity index is 1420. The summed E-state index contributed by atoms with van der Waals surface area (Å²) in [6.07, 6.45) is -3.16. The molecule has 3 aromatic rings. The first-order valence-electron chi connectivity index (χ1n) is 10.2. The van der Waals surface area contributed by atoms with Crippen molar-refractivity contribution >= 4 is 26.9 Å². The number of benzene rings is 3. The molecule has 0 aliphatic carbocycles. The van der Waals surface area contributed by atoms with Crippen molar-refractivity contribution in [2.75, 3.05) is 6.54 Å². The minimum Gasteiger partial charge on any atom is -0.475 e. The van der Waals surface area contributed by atoms with Gasteiger partial charge in [0.1, 0.15) is 4.90 Å². The van der Waals surface area contributed by atoms with E-state index in [1.165, 1.54) is 12.1 Å². The number of hydrogen-bond donors (Lipinski definition) is 2. The van der Waals surface area contributed by atoms with Gasteiger partial charge < -0.3 is 14.6 Å². The standard InChI is InChI=1S/C20H14F5NO3S.C2HF3O2/c21-15-16(22)18(24)20(19(25)17(15)23)29-30(27,28)11-6-7-12-10(9-11)3-1-4-13(12)14-5-2-8-26-14;3-2(4,5)1(6)7/h1,3-4,6-7,9,14,26H,2,5,8H2;(H,6,7). The quantitative estimate of drug-likeness (QED) is 0.194. The summed E-state index contributed by atoms with van der Waals surface area (Å²) in [6, 6.07) is 9.28. The van der Waals surface area contributed by atoms with Crippen LogP contribution in [0, 0.1) is 29.1 Å². The molecule has 1 aliphatic heterocycles. The molecule has 2 N–H and O–H groups in total. The molecule has 0 radical (unpaired) electrons. The number of fused-ring (bicyclic) bond motifs is 1. The number of nitrogens with one attached hydrogen (secondary N) is 1. The zero-order valence-corrected chi connectivity index (χ0v) is 19.0. The summed E-state index contributed by atoms with van der Waals surface area (Å²) < 4.78 is 128. The molecular formula is C22H15F8NO5S. The largest absolute Gasteiger partial charge is 0.490 e. The van der Waals surface area contributed by atoms with E-state index in [2.05, 4.69) is 9.50 Å². The summed E-state index contributed by atoms with van der Waals surface area (Å²) in [5.74, 6) is -16.4. The second-order valence-corrected chi connectivity index (χ2v) is 9.16. The van der Waals surface area contributed by atoms with Crippen molar-refractivity contribution in [1.82, 2.24) is 5.32 Å². The van der Waals surface area contributed by atoms with E-state index in [-0.39, 0.29) is 6.04 Å². The van der Waals surface area contributed by atoms with Gasteiger partial charge in [-0.25, -0.2) is 18.0 Å². The Morgan fingerprint density at radius 2 is 1.51 bits per heavy atom. The Morgan fingerprint density at radius 1 is 0.946 bits per heavy atom. The summed E-state index contributed by atoms with van der Waals surface area (Å²) in [7, 11) is -4.88. The van der Waals surface area contributed by atoms with Gasteiger partial charge in [-0.1, -0.05) is 24.3 Å². The highest BCUT2D eigenvalue weighted by Crippen LogP contribution is 2.34. The summed E-state index contributed by atoms with van der Waals surface area (Å²) in [5, 5.41) is 11.8. The first-order chi connectivity index (χ1) is 17.1. The van der Waals surface area contributed by atoms with Crippen molar-refractivity contribution in [3.63, 3.8) is 0 Å². The Hall–Kier alpha value is -3.46. The molecule has 1 aliphatic rings. The highest BCUT2D eigenvalue weighted by atomic mass is 32.2. The van der Waals surface area contributed by atoms with E-state index in [4.69, 9.17) is 9.90 Å². The van der Waals surface area contributed by atoms with Gasteiger partial charge in [-0.15, -0.1) is 0 Å². The van der Waals surface area contributed by atoms with Crippen LogP contribution in [0.5, 0.6) is 5.75 Å². The highest BCUT2D eigenvalue weighted by Gasteiger charge is 2.38. The van der Waals surface area contributed by atoms with Crippen LogP contribution >= 0.6 is 0 Å². The van der Waals surface area contributed by atoms with Gasteiger partial charge in [0.15, 0.2) is 0 Å². The number of aliphatic carboxylic acids is 1. The van der Waals surface area contributed by atoms with Gasteiger partial charge in [0.05, 0.1) is 0 Å². The Balaban J connectivity index is 0.000000479. The van der Waals surface area contributed by atoms with Crippen molar-refractivity contribution in [1.29, 1.82) is 0 Å². The maximum absolute atomic E-state index is 13.8. The van der Waals surface area contributed by atoms with Crippen LogP contribution in [-0.2, 0) is 14.9 Å². The molecule has 0 saturated carbocycles. The molecule has 4 rings (SSSR count). The van der Waals surface area contributed by atoms with Crippen LogP contribution in [0.15, 0.2) is 41.3 Å². The van der Waals surface area contributed by atoms with Crippen molar-refractivity contribution < 1.29 is 57.6 Å². The van der Waals surface area contributed by atoms with Gasteiger partial charge in [-0.05, 0) is 47.9 Å². The topological polar surface area (TPSA) is 92.7 Å². The van der Waals surface area contributed by atoms with Crippen molar-refractivity contribution in [2.45, 2.75) is 30.0 Å². The predicted octanol–water partition coefficient (Wildman–Crippen LogP) is 5.36. The Morgan fingerprint density at radius 3 is 2.03 bits per heavy atom. The monoisotopic (exact) mass is 557 g/mol. The van der Waals surface area contributed by atoms with E-state index < -0.39 is 62.0 Å². The van der Waals surface area contributed by atoms with Crippen molar-refractivity contribution in [3.8, 4) is 5.75 Å². The lowest BCUT2D eigenvalue weighted by molar-refractivity contribution is -0.192. The zero-order chi connectivity index (χ0) is 27.7. The fraction of sp³-hybridized carbons (Fsp3) is 0.227. The summed E-state index contributed by atoms with van der Waals surface area (Å²) in [6.45, 7) is 0.864. The number of carboxylic acid groups (broad SMARTS) is 1. The molecule has 1 unspecified atom stereocenters. The van der Waals surface area contributed by atoms with E-state index in [0.717, 1.165) is 36.4 Å². The maximum Gasteiger partial charge on any atom is 0.490 e. The molecular weight excluding hydrogens is 542 g/mol. The fourth-order valence-corrected chi connectivity index (χ4v) is 4.48. The minimum absolute atomic E-state index is 0.112. The van der Waals surface area contributed by atoms with E-state index in [1.807, 2.05) is 6.07 Å². The highest BCUT2D eigenvalue weighted by molar-refractivity contribution is 7.87. The van der Waals surface area contributed by atoms with Crippen LogP contribution in [0.25, 0.3) is 10.8 Å². The molecule has 6 nitrogen and oxygen atoms in total. The second kappa shape index (κ2) is 10.5. The van der Waals surface area contributed by atoms with Crippen LogP contribution in [0.1, 0.15) is 24.4 Å². The average molecular weight is 557 g/mol. The second-order valence-electron chi connectivity index (χ2n) is 7.62. The summed E-state index contributed by atoms with van der Waals surface area (Å²) >= 11 is 0. The molecule has 1 atom stereocenters. The molecule has 37 heavy (non-hydrogen) atoms. The third-order valence-corrected chi connectivity index (χ3v) is 6.43. The third-order valence-electron chi connectivity index (χ3n) is 5.22. The minimum atomic E-state index is -5.08. The van der Waals surface area contributed by atoms with E-state index in [0.29, 0.717) is 5.39 Å². The van der Waals surface area contributed by atoms with Gasteiger partial charge in [0.25, 0.3) is 0 Å². The molecule has 1 heterocycles. The van der Waals surface area contributed by atoms with Crippen molar-refractivity contribution in [2.24, 2.45) is 0 Å². The number of alkyl halides is 3. The van der Waals surface area contributed by atoms with Crippen molar-refractivity contribution in [3.05, 3.63) is 71.0 Å². The number of halogens is 8. The number of hydrogen-bond acceptors (Lipinski definition) is 5. The molecule has 1 fully saturated rings. The summed E-state index contributed by atoms with van der Waals surface area (Å²) in [5.41, 5.74) is 0.967. The molecule has 1 saturated heterocycles. The molecule has 3 aromatic carbocycles. The van der Waals surface area contributed by atoms with Gasteiger partial charge in [0, 0.05) is 6.04 Å². The van der Waals surface area contributed by atoms with Gasteiger partial charge >= 0.3 is 22.3 Å². The van der Waals surface area contributed by atoms with E-state index in [1.54, 1.807) is 12.1 Å². The number of carboxylic acids is 1. The first kappa shape index (κ1) is 28.1. The number of carbonyl (C=O) groups is 1. The average Bonchev–Trinajstić information content (AvgIpc) is 3.38. The Labute approximate surface area is 203 Å². The van der Waals surface area contributed by atoms with Crippen LogP contribution in [0.2, 0.25) is 0 Å². The van der Waals surface area contributed by atoms with E-state index in [9.17, 15) is 43.5 Å². The molecule has 200 valence electrons. The van der Waals surface area contributed by atoms with Crippen LogP contribution in [0.4, 0.5) is 35.1 Å². The SMILES string of the molecule is O=C(O)C(F)(F)F.O=S(=O)(Oc1c(F)c(F)c(F)c(F)c1F)c1ccc2c(C3CCCN3)cccc2c1. The lowest BCUT2D eigenvalue weighted by atomic mass is 9.98. The predicted molar refractivity (Wildman–Crippen MR) is 112 cm³/mol. The third kappa shape index (κ3) is 5.93. The van der Waals surface area contributed by atoms with Crippen LogP contribution in [-0.4, -0.2) is 32.2 Å². The molecule has 0 bridgehead atoms. The fourth-order valence-electron chi connectivity index (χ4n) is 3.51. The smallest absolute Gasteiger partial charge is 0.475 e. The van der Waals surface area contributed by atoms with Crippen LogP contribution in [0.3, 0.4) is 0 Å². The van der Waals surface area contributed by atoms with Gasteiger partial charge in [0.2, 0.25) is 34.8 Å². The lowest BCUT2D eigenvalue weighted by Gasteiger charge is -2.15. The lowest BCUT2D eigenvalue weighted by Crippen LogP contribution is -2.21. The van der Waals surface area contributed by atoms with Gasteiger partial charge in [-0.2, -0.15) is 30.4 Å². The Kier molecular flexibility index (Phi) is 7.97. The molecule has 0 spiro atoms. The normalized spacial score (nSPS) is 15.8. The van der Waals surface area contributed by atoms with Crippen LogP contribution < -0.4 is 9.50 Å². The maximum atomic E-state index is 13.8. The summed E-state index contributed by atoms with van der Waals surface area (Å²) in [4.78, 5) is 8.41. The van der Waals surface area contributed by atoms with E-state index >= 15 is 0 Å². The first-order valence-corrected chi connectivity index (χ1v) is 11.6. The molecule has 0 amide bonds. The zero-order valence-electron chi connectivity index (χ0n) is 18.2. The van der Waals surface area contributed by atoms with Gasteiger partial charge in [-0.3, -0.25) is 0 Å².